The van der Waals surface area contributed by atoms with Crippen LogP contribution >= 0.6 is 0 Å². The van der Waals surface area contributed by atoms with Gasteiger partial charge in [0.2, 0.25) is 5.91 Å². The van der Waals surface area contributed by atoms with E-state index in [2.05, 4.69) is 29.4 Å². The first-order valence-electron chi connectivity index (χ1n) is 12.6. The molecule has 1 saturated carbocycles. The number of nitrogens with one attached hydrogen (secondary N) is 1. The lowest BCUT2D eigenvalue weighted by molar-refractivity contribution is -0.117. The molecule has 4 aliphatic rings. The molecule has 1 unspecified atom stereocenters. The van der Waals surface area contributed by atoms with Gasteiger partial charge in [-0.1, -0.05) is 19.1 Å². The number of aromatic nitrogens is 1. The van der Waals surface area contributed by atoms with E-state index < -0.39 is 0 Å². The third-order valence-electron chi connectivity index (χ3n) is 8.37. The number of piperidine rings is 1. The fourth-order valence-corrected chi connectivity index (χ4v) is 6.24. The molecule has 1 aliphatic carbocycles. The summed E-state index contributed by atoms with van der Waals surface area (Å²) in [7, 11) is 0. The average molecular weight is 469 g/mol. The van der Waals surface area contributed by atoms with Gasteiger partial charge in [-0.2, -0.15) is 0 Å². The molecule has 2 amide bonds. The van der Waals surface area contributed by atoms with E-state index in [-0.39, 0.29) is 23.3 Å². The van der Waals surface area contributed by atoms with E-state index in [4.69, 9.17) is 10.5 Å². The zero-order valence-electron chi connectivity index (χ0n) is 19.8. The Bertz CT molecular complexity index is 1430. The van der Waals surface area contributed by atoms with E-state index in [0.29, 0.717) is 30.5 Å². The van der Waals surface area contributed by atoms with Crippen LogP contribution in [-0.4, -0.2) is 34.8 Å². The first-order valence-corrected chi connectivity index (χ1v) is 12.6. The fourth-order valence-electron chi connectivity index (χ4n) is 6.24. The molecule has 7 nitrogen and oxygen atoms in total. The molecule has 178 valence electrons. The Hall–Kier alpha value is -3.61. The highest BCUT2D eigenvalue weighted by Gasteiger charge is 2.56. The number of hydrogen-bond donors (Lipinski definition) is 2. The van der Waals surface area contributed by atoms with Gasteiger partial charge >= 0.3 is 0 Å². The van der Waals surface area contributed by atoms with Crippen molar-refractivity contribution in [1.29, 1.82) is 0 Å². The summed E-state index contributed by atoms with van der Waals surface area (Å²) in [6, 6.07) is 11.9. The highest BCUT2D eigenvalue weighted by Crippen LogP contribution is 2.55. The molecule has 1 aromatic heterocycles. The minimum absolute atomic E-state index is 0.0160. The number of carbonyl (C=O) groups excluding carboxylic acids is 2. The van der Waals surface area contributed by atoms with Crippen LogP contribution in [0.25, 0.3) is 10.9 Å². The number of nitrogens with two attached hydrogens (primary N) is 1. The number of likely N-dealkylation sites (tertiary alicyclic amines) is 1. The van der Waals surface area contributed by atoms with Crippen molar-refractivity contribution in [3.8, 4) is 5.75 Å². The van der Waals surface area contributed by atoms with Crippen molar-refractivity contribution in [3.05, 3.63) is 58.7 Å². The van der Waals surface area contributed by atoms with Gasteiger partial charge in [0.15, 0.2) is 0 Å². The van der Waals surface area contributed by atoms with Crippen molar-refractivity contribution in [1.82, 2.24) is 9.88 Å². The molecule has 0 bridgehead atoms. The number of amides is 2. The quantitative estimate of drug-likeness (QED) is 0.583. The summed E-state index contributed by atoms with van der Waals surface area (Å²) >= 11 is 0. The highest BCUT2D eigenvalue weighted by atomic mass is 16.5. The van der Waals surface area contributed by atoms with Crippen molar-refractivity contribution >= 4 is 34.2 Å². The van der Waals surface area contributed by atoms with Gasteiger partial charge < -0.3 is 20.7 Å². The van der Waals surface area contributed by atoms with Gasteiger partial charge in [0.25, 0.3) is 5.91 Å². The number of hydrogen-bond acceptors (Lipinski definition) is 5. The van der Waals surface area contributed by atoms with Crippen LogP contribution in [0.1, 0.15) is 65.7 Å². The number of nitrogen functional groups attached to an aromatic ring is 1. The Balaban J connectivity index is 1.27. The summed E-state index contributed by atoms with van der Waals surface area (Å²) < 4.78 is 5.88. The average Bonchev–Trinajstić information content (AvgIpc) is 3.43. The summed E-state index contributed by atoms with van der Waals surface area (Å²) in [5, 5.41) is 3.89. The predicted molar refractivity (Wildman–Crippen MR) is 134 cm³/mol. The summed E-state index contributed by atoms with van der Waals surface area (Å²) in [5.74, 6) is 1.83. The molecule has 7 rings (SSSR count). The van der Waals surface area contributed by atoms with E-state index >= 15 is 0 Å². The molecule has 3 aliphatic heterocycles. The maximum atomic E-state index is 13.9. The smallest absolute Gasteiger partial charge is 0.254 e. The Morgan fingerprint density at radius 1 is 1.20 bits per heavy atom. The van der Waals surface area contributed by atoms with Gasteiger partial charge in [-0.3, -0.25) is 9.59 Å². The number of fused-ring (bicyclic) bond motifs is 5. The van der Waals surface area contributed by atoms with E-state index in [1.54, 1.807) is 0 Å². The van der Waals surface area contributed by atoms with Crippen LogP contribution in [0.2, 0.25) is 0 Å². The van der Waals surface area contributed by atoms with Gasteiger partial charge in [-0.05, 0) is 67.0 Å². The third-order valence-corrected chi connectivity index (χ3v) is 8.37. The molecule has 35 heavy (non-hydrogen) atoms. The number of pyridine rings is 1. The van der Waals surface area contributed by atoms with Crippen LogP contribution in [0.15, 0.2) is 36.4 Å². The maximum Gasteiger partial charge on any atom is 0.254 e. The summed E-state index contributed by atoms with van der Waals surface area (Å²) in [5.41, 5.74) is 11.3. The van der Waals surface area contributed by atoms with E-state index in [9.17, 15) is 9.59 Å². The lowest BCUT2D eigenvalue weighted by atomic mass is 9.87. The van der Waals surface area contributed by atoms with E-state index in [1.807, 2.05) is 29.2 Å². The Morgan fingerprint density at radius 3 is 2.89 bits per heavy atom. The second-order valence-corrected chi connectivity index (χ2v) is 10.6. The summed E-state index contributed by atoms with van der Waals surface area (Å²) in [6.07, 6.45) is 4.52. The number of benzene rings is 2. The second-order valence-electron chi connectivity index (χ2n) is 10.6. The Kier molecular flexibility index (Phi) is 4.26. The predicted octanol–water partition coefficient (Wildman–Crippen LogP) is 4.35. The first-order chi connectivity index (χ1) is 16.9. The Morgan fingerprint density at radius 2 is 2.06 bits per heavy atom. The molecular formula is C28H28N4O3. The second kappa shape index (κ2) is 7.20. The first kappa shape index (κ1) is 20.7. The molecule has 2 fully saturated rings. The molecule has 7 heteroatoms. The molecule has 0 radical (unpaired) electrons. The number of carbonyl (C=O) groups is 2. The van der Waals surface area contributed by atoms with Crippen LogP contribution < -0.4 is 15.8 Å². The monoisotopic (exact) mass is 468 g/mol. The number of nitrogens with zero attached hydrogens (tertiary/aromatic N) is 2. The number of anilines is 2. The fraction of sp³-hybridized carbons (Fsp3) is 0.393. The summed E-state index contributed by atoms with van der Waals surface area (Å²) in [6.45, 7) is 3.49. The van der Waals surface area contributed by atoms with Gasteiger partial charge in [0, 0.05) is 35.2 Å². The molecule has 2 atom stereocenters. The molecular weight excluding hydrogens is 440 g/mol. The maximum absolute atomic E-state index is 13.9. The van der Waals surface area contributed by atoms with Crippen LogP contribution in [0.4, 0.5) is 11.5 Å². The standard InChI is InChI=1S/C28H28N4O3/c1-15-2-7-23(16-3-6-22-20(13-16)28(9-10-28)27(34)31-22)32(14-15)26(33)17-4-5-21-19(12-17)24-18(8-11-35-24)25(29)30-21/h3-6,12-13,15,23H,2,7-11,14H2,1H3,(H2,29,30)(H,31,34)/t15-,23?/m0/s1. The van der Waals surface area contributed by atoms with Gasteiger partial charge in [-0.25, -0.2) is 4.98 Å². The minimum atomic E-state index is -0.338. The lowest BCUT2D eigenvalue weighted by Crippen LogP contribution is -2.41. The number of rotatable bonds is 2. The molecule has 1 spiro atoms. The van der Waals surface area contributed by atoms with Crippen LogP contribution in [0.3, 0.4) is 0 Å². The van der Waals surface area contributed by atoms with Crippen LogP contribution in [0.5, 0.6) is 5.75 Å². The molecule has 4 heterocycles. The van der Waals surface area contributed by atoms with E-state index in [0.717, 1.165) is 71.1 Å². The van der Waals surface area contributed by atoms with Crippen molar-refractivity contribution in [2.45, 2.75) is 50.5 Å². The Labute approximate surface area is 203 Å². The molecule has 2 aromatic carbocycles. The van der Waals surface area contributed by atoms with Gasteiger partial charge in [-0.15, -0.1) is 0 Å². The molecule has 3 aromatic rings. The highest BCUT2D eigenvalue weighted by molar-refractivity contribution is 6.08. The van der Waals surface area contributed by atoms with Crippen molar-refractivity contribution in [2.24, 2.45) is 5.92 Å². The number of ether oxygens (including phenoxy) is 1. The zero-order chi connectivity index (χ0) is 23.9. The SMILES string of the molecule is C[C@H]1CCC(c2ccc3c(c2)C2(CC2)C(=O)N3)N(C(=O)c2ccc3nc(N)c4c(c3c2)OCC4)C1. The van der Waals surface area contributed by atoms with Crippen molar-refractivity contribution in [3.63, 3.8) is 0 Å². The van der Waals surface area contributed by atoms with E-state index in [1.165, 1.54) is 0 Å². The van der Waals surface area contributed by atoms with Crippen molar-refractivity contribution in [2.75, 3.05) is 24.2 Å². The molecule has 3 N–H and O–H groups in total. The van der Waals surface area contributed by atoms with Crippen LogP contribution in [-0.2, 0) is 16.6 Å². The molecule has 1 saturated heterocycles. The lowest BCUT2D eigenvalue weighted by Gasteiger charge is -2.39. The topological polar surface area (TPSA) is 97.6 Å². The summed E-state index contributed by atoms with van der Waals surface area (Å²) in [4.78, 5) is 33.0. The van der Waals surface area contributed by atoms with Gasteiger partial charge in [0.1, 0.15) is 11.6 Å². The largest absolute Gasteiger partial charge is 0.492 e. The minimum Gasteiger partial charge on any atom is -0.492 e. The van der Waals surface area contributed by atoms with Gasteiger partial charge in [0.05, 0.1) is 23.6 Å². The van der Waals surface area contributed by atoms with Crippen molar-refractivity contribution < 1.29 is 14.3 Å². The van der Waals surface area contributed by atoms with Crippen LogP contribution in [0, 0.1) is 5.92 Å². The zero-order valence-corrected chi connectivity index (χ0v) is 19.8. The normalized spacial score (nSPS) is 23.7. The third kappa shape index (κ3) is 3.00.